The zero-order valence-corrected chi connectivity index (χ0v) is 25.8. The van der Waals surface area contributed by atoms with Crippen molar-refractivity contribution in [2.75, 3.05) is 12.7 Å². The summed E-state index contributed by atoms with van der Waals surface area (Å²) in [4.78, 5) is 16.4. The van der Waals surface area contributed by atoms with Crippen LogP contribution in [-0.4, -0.2) is 46.5 Å². The molecule has 2 nitrogen and oxygen atoms in total. The van der Waals surface area contributed by atoms with Crippen LogP contribution in [0, 0.1) is 5.41 Å². The van der Waals surface area contributed by atoms with Crippen molar-refractivity contribution in [3.05, 3.63) is 60.7 Å². The van der Waals surface area contributed by atoms with Crippen molar-refractivity contribution >= 4 is 32.4 Å². The summed E-state index contributed by atoms with van der Waals surface area (Å²) >= 11 is 0. The number of rotatable bonds is 7. The molecule has 2 aromatic rings. The molecule has 2 aromatic carbocycles. The predicted molar refractivity (Wildman–Crippen MR) is 168 cm³/mol. The molecule has 3 aliphatic rings. The lowest BCUT2D eigenvalue weighted by atomic mass is 9.94. The zero-order valence-electron chi connectivity index (χ0n) is 24.0. The Morgan fingerprint density at radius 2 is 1.21 bits per heavy atom. The number of hydrogen-bond acceptors (Lipinski definition) is 1. The molecule has 4 heteroatoms. The molecule has 0 aromatic heterocycles. The van der Waals surface area contributed by atoms with Crippen LogP contribution in [-0.2, 0) is 4.79 Å². The molecular weight excluding hydrogens is 500 g/mol. The molecule has 0 N–H and O–H groups in total. The SMILES string of the molecule is CC(C)(C)C(=O)N1C[C@H](P(C2CCCCC2)C2CCCCC2)C[C@@H]1CP(c1ccccc1)c1ccccc1. The fourth-order valence-corrected chi connectivity index (χ4v) is 14.5. The van der Waals surface area contributed by atoms with Crippen molar-refractivity contribution in [2.45, 2.75) is 114 Å². The van der Waals surface area contributed by atoms with Crippen molar-refractivity contribution < 1.29 is 4.79 Å². The standard InChI is InChI=1S/C34H49NOP2/c1-34(2,3)33(36)35-25-32(38(30-20-12-6-13-21-30)31-22-14-7-15-23-31)24-27(35)26-37(28-16-8-4-9-17-28)29-18-10-5-11-19-29/h4-5,8-11,16-19,27,30-32H,6-7,12-15,20-26H2,1-3H3/t27-,32-/m1/s1. The Kier molecular flexibility index (Phi) is 9.65. The summed E-state index contributed by atoms with van der Waals surface area (Å²) < 4.78 is 0. The van der Waals surface area contributed by atoms with Crippen LogP contribution < -0.4 is 10.6 Å². The quantitative estimate of drug-likeness (QED) is 0.318. The van der Waals surface area contributed by atoms with Crippen LogP contribution in [0.4, 0.5) is 0 Å². The van der Waals surface area contributed by atoms with Gasteiger partial charge < -0.3 is 4.90 Å². The number of likely N-dealkylation sites (tertiary alicyclic amines) is 1. The average Bonchev–Trinajstić information content (AvgIpc) is 3.36. The third-order valence-electron chi connectivity index (χ3n) is 9.24. The number of nitrogens with zero attached hydrogens (tertiary/aromatic N) is 1. The van der Waals surface area contributed by atoms with Crippen LogP contribution in [0.25, 0.3) is 0 Å². The van der Waals surface area contributed by atoms with Gasteiger partial charge in [-0.3, -0.25) is 4.79 Å². The first-order valence-corrected chi connectivity index (χ1v) is 18.5. The predicted octanol–water partition coefficient (Wildman–Crippen LogP) is 8.28. The Morgan fingerprint density at radius 1 is 0.737 bits per heavy atom. The van der Waals surface area contributed by atoms with Gasteiger partial charge in [-0.2, -0.15) is 0 Å². The van der Waals surface area contributed by atoms with E-state index in [1.54, 1.807) is 0 Å². The molecule has 0 spiro atoms. The summed E-state index contributed by atoms with van der Waals surface area (Å²) in [7, 11) is -0.535. The first-order valence-electron chi connectivity index (χ1n) is 15.4. The maximum Gasteiger partial charge on any atom is 0.228 e. The van der Waals surface area contributed by atoms with E-state index in [0.717, 1.165) is 29.7 Å². The minimum absolute atomic E-state index is 0.0322. The van der Waals surface area contributed by atoms with Crippen molar-refractivity contribution in [1.82, 2.24) is 4.90 Å². The second-order valence-electron chi connectivity index (χ2n) is 13.1. The fourth-order valence-electron chi connectivity index (χ4n) is 7.40. The lowest BCUT2D eigenvalue weighted by Gasteiger charge is -2.42. The molecule has 2 saturated carbocycles. The van der Waals surface area contributed by atoms with E-state index in [1.165, 1.54) is 81.2 Å². The van der Waals surface area contributed by atoms with Gasteiger partial charge in [0, 0.05) is 18.0 Å². The monoisotopic (exact) mass is 549 g/mol. The van der Waals surface area contributed by atoms with E-state index in [2.05, 4.69) is 86.3 Å². The van der Waals surface area contributed by atoms with E-state index < -0.39 is 7.92 Å². The zero-order chi connectivity index (χ0) is 26.5. The van der Waals surface area contributed by atoms with Crippen molar-refractivity contribution in [2.24, 2.45) is 5.41 Å². The molecule has 206 valence electrons. The Labute approximate surface area is 234 Å². The molecule has 5 rings (SSSR count). The molecule has 0 radical (unpaired) electrons. The van der Waals surface area contributed by atoms with Crippen molar-refractivity contribution in [3.8, 4) is 0 Å². The summed E-state index contributed by atoms with van der Waals surface area (Å²) in [6.07, 6.45) is 16.8. The van der Waals surface area contributed by atoms with Gasteiger partial charge in [-0.25, -0.2) is 0 Å². The smallest absolute Gasteiger partial charge is 0.228 e. The van der Waals surface area contributed by atoms with Crippen LogP contribution in [0.15, 0.2) is 60.7 Å². The van der Waals surface area contributed by atoms with Crippen LogP contribution in [0.2, 0.25) is 0 Å². The first kappa shape index (κ1) is 28.3. The van der Waals surface area contributed by atoms with E-state index in [0.29, 0.717) is 11.9 Å². The summed E-state index contributed by atoms with van der Waals surface area (Å²) in [6.45, 7) is 7.40. The minimum atomic E-state index is -0.503. The van der Waals surface area contributed by atoms with Gasteiger partial charge in [0.15, 0.2) is 0 Å². The highest BCUT2D eigenvalue weighted by Gasteiger charge is 2.46. The third kappa shape index (κ3) is 6.73. The topological polar surface area (TPSA) is 20.3 Å². The normalized spacial score (nSPS) is 23.9. The van der Waals surface area contributed by atoms with E-state index in [9.17, 15) is 4.79 Å². The summed E-state index contributed by atoms with van der Waals surface area (Å²) in [5.74, 6) is 0.378. The second kappa shape index (κ2) is 13.0. The van der Waals surface area contributed by atoms with Crippen LogP contribution in [0.1, 0.15) is 91.4 Å². The highest BCUT2D eigenvalue weighted by Crippen LogP contribution is 2.61. The van der Waals surface area contributed by atoms with Crippen LogP contribution >= 0.6 is 15.8 Å². The number of carbonyl (C=O) groups excluding carboxylic acids is 1. The molecule has 3 fully saturated rings. The van der Waals surface area contributed by atoms with Gasteiger partial charge >= 0.3 is 0 Å². The molecule has 2 atom stereocenters. The molecule has 1 amide bonds. The maximum absolute atomic E-state index is 14.0. The van der Waals surface area contributed by atoms with Crippen molar-refractivity contribution in [3.63, 3.8) is 0 Å². The molecule has 1 saturated heterocycles. The summed E-state index contributed by atoms with van der Waals surface area (Å²) in [6, 6.07) is 22.6. The van der Waals surface area contributed by atoms with Gasteiger partial charge in [-0.1, -0.05) is 128 Å². The summed E-state index contributed by atoms with van der Waals surface area (Å²) in [5.41, 5.74) is 2.30. The van der Waals surface area contributed by atoms with Gasteiger partial charge in [-0.15, -0.1) is 0 Å². The maximum atomic E-state index is 14.0. The van der Waals surface area contributed by atoms with E-state index in [-0.39, 0.29) is 13.3 Å². The van der Waals surface area contributed by atoms with Gasteiger partial charge in [0.25, 0.3) is 0 Å². The van der Waals surface area contributed by atoms with Crippen LogP contribution in [0.3, 0.4) is 0 Å². The van der Waals surface area contributed by atoms with E-state index >= 15 is 0 Å². The Hall–Kier alpha value is -1.23. The molecule has 2 aliphatic carbocycles. The van der Waals surface area contributed by atoms with Crippen molar-refractivity contribution in [1.29, 1.82) is 0 Å². The van der Waals surface area contributed by atoms with Gasteiger partial charge in [0.2, 0.25) is 5.91 Å². The number of benzene rings is 2. The lowest BCUT2D eigenvalue weighted by molar-refractivity contribution is -0.139. The molecule has 0 bridgehead atoms. The highest BCUT2D eigenvalue weighted by molar-refractivity contribution is 7.73. The first-order chi connectivity index (χ1) is 18.4. The molecule has 0 unspecified atom stereocenters. The van der Waals surface area contributed by atoms with E-state index in [1.807, 2.05) is 0 Å². The number of hydrogen-bond donors (Lipinski definition) is 0. The van der Waals surface area contributed by atoms with Gasteiger partial charge in [-0.05, 0) is 73.8 Å². The number of amides is 1. The average molecular weight is 550 g/mol. The van der Waals surface area contributed by atoms with Crippen LogP contribution in [0.5, 0.6) is 0 Å². The van der Waals surface area contributed by atoms with Gasteiger partial charge in [0.1, 0.15) is 0 Å². The largest absolute Gasteiger partial charge is 0.338 e. The lowest BCUT2D eigenvalue weighted by Crippen LogP contribution is -2.44. The third-order valence-corrected chi connectivity index (χ3v) is 15.8. The summed E-state index contributed by atoms with van der Waals surface area (Å²) in [5, 5.41) is 2.89. The minimum Gasteiger partial charge on any atom is -0.338 e. The Bertz CT molecular complexity index is 950. The fraction of sp³-hybridized carbons (Fsp3) is 0.618. The van der Waals surface area contributed by atoms with E-state index in [4.69, 9.17) is 0 Å². The Morgan fingerprint density at radius 3 is 1.66 bits per heavy atom. The second-order valence-corrected chi connectivity index (χ2v) is 18.4. The molecule has 1 aliphatic heterocycles. The Balaban J connectivity index is 1.46. The highest BCUT2D eigenvalue weighted by atomic mass is 31.1. The molecular formula is C34H49NOP2. The number of carbonyl (C=O) groups is 1. The van der Waals surface area contributed by atoms with Gasteiger partial charge in [0.05, 0.1) is 0 Å². The molecule has 1 heterocycles. The molecule has 38 heavy (non-hydrogen) atoms.